The van der Waals surface area contributed by atoms with Gasteiger partial charge in [-0.3, -0.25) is 0 Å². The highest BCUT2D eigenvalue weighted by Gasteiger charge is 2.11. The van der Waals surface area contributed by atoms with E-state index in [1.165, 1.54) is 11.3 Å². The average Bonchev–Trinajstić information content (AvgIpc) is 3.35. The molecule has 0 aliphatic carbocycles. The molecule has 0 aliphatic rings. The van der Waals surface area contributed by atoms with E-state index in [-0.39, 0.29) is 0 Å². The summed E-state index contributed by atoms with van der Waals surface area (Å²) in [5, 5.41) is 17.2. The molecule has 0 atom stereocenters. The molecular weight excluding hydrogens is 352 g/mol. The SMILES string of the molecule is O=C(O)C=Cc1ccc(-c2cnc3sc(NCc4ccco4)nn23)cc1. The Labute approximate surface area is 152 Å². The third-order valence-electron chi connectivity index (χ3n) is 3.70. The van der Waals surface area contributed by atoms with Gasteiger partial charge in [0.1, 0.15) is 5.76 Å². The van der Waals surface area contributed by atoms with Crippen LogP contribution in [-0.2, 0) is 11.3 Å². The Kier molecular flexibility index (Phi) is 4.24. The van der Waals surface area contributed by atoms with Crippen LogP contribution in [0.4, 0.5) is 5.13 Å². The van der Waals surface area contributed by atoms with Crippen molar-refractivity contribution in [1.29, 1.82) is 0 Å². The van der Waals surface area contributed by atoms with Gasteiger partial charge < -0.3 is 14.8 Å². The Hall–Kier alpha value is -3.39. The molecule has 1 aromatic carbocycles. The molecule has 0 radical (unpaired) electrons. The number of nitrogens with zero attached hydrogens (tertiary/aromatic N) is 3. The van der Waals surface area contributed by atoms with Crippen LogP contribution in [0.2, 0.25) is 0 Å². The lowest BCUT2D eigenvalue weighted by Crippen LogP contribution is -1.98. The number of carboxylic acid groups (broad SMARTS) is 1. The molecule has 2 N–H and O–H groups in total. The summed E-state index contributed by atoms with van der Waals surface area (Å²) in [4.78, 5) is 15.8. The van der Waals surface area contributed by atoms with Crippen LogP contribution in [0.3, 0.4) is 0 Å². The van der Waals surface area contributed by atoms with Crippen molar-refractivity contribution in [1.82, 2.24) is 14.6 Å². The second-order valence-corrected chi connectivity index (χ2v) is 6.43. The van der Waals surface area contributed by atoms with Crippen molar-refractivity contribution in [2.75, 3.05) is 5.32 Å². The fourth-order valence-corrected chi connectivity index (χ4v) is 3.24. The van der Waals surface area contributed by atoms with Gasteiger partial charge in [-0.15, -0.1) is 5.10 Å². The minimum Gasteiger partial charge on any atom is -0.478 e. The minimum atomic E-state index is -0.969. The summed E-state index contributed by atoms with van der Waals surface area (Å²) in [7, 11) is 0. The van der Waals surface area contributed by atoms with Gasteiger partial charge in [-0.2, -0.15) is 0 Å². The lowest BCUT2D eigenvalue weighted by atomic mass is 10.1. The van der Waals surface area contributed by atoms with Gasteiger partial charge in [0, 0.05) is 11.6 Å². The molecule has 0 aliphatic heterocycles. The van der Waals surface area contributed by atoms with E-state index in [0.29, 0.717) is 6.54 Å². The molecule has 3 aromatic heterocycles. The molecule has 130 valence electrons. The fourth-order valence-electron chi connectivity index (χ4n) is 2.47. The number of rotatable bonds is 6. The predicted molar refractivity (Wildman–Crippen MR) is 99.0 cm³/mol. The number of imidazole rings is 1. The zero-order chi connectivity index (χ0) is 17.9. The number of furan rings is 1. The maximum absolute atomic E-state index is 10.6. The van der Waals surface area contributed by atoms with E-state index in [4.69, 9.17) is 9.52 Å². The average molecular weight is 366 g/mol. The third kappa shape index (κ3) is 3.35. The molecule has 7 nitrogen and oxygen atoms in total. The number of fused-ring (bicyclic) bond motifs is 1. The lowest BCUT2D eigenvalue weighted by Gasteiger charge is -2.00. The van der Waals surface area contributed by atoms with E-state index in [9.17, 15) is 4.79 Å². The minimum absolute atomic E-state index is 0.559. The zero-order valence-corrected chi connectivity index (χ0v) is 14.3. The molecule has 3 heterocycles. The van der Waals surface area contributed by atoms with Crippen molar-refractivity contribution in [3.63, 3.8) is 0 Å². The van der Waals surface area contributed by atoms with E-state index in [0.717, 1.165) is 38.7 Å². The first-order chi connectivity index (χ1) is 12.7. The van der Waals surface area contributed by atoms with Crippen LogP contribution in [0.5, 0.6) is 0 Å². The number of aliphatic carboxylic acids is 1. The zero-order valence-electron chi connectivity index (χ0n) is 13.5. The quantitative estimate of drug-likeness (QED) is 0.505. The monoisotopic (exact) mass is 366 g/mol. The van der Waals surface area contributed by atoms with Crippen molar-refractivity contribution in [2.45, 2.75) is 6.54 Å². The second kappa shape index (κ2) is 6.85. The highest BCUT2D eigenvalue weighted by atomic mass is 32.1. The predicted octanol–water partition coefficient (Wildman–Crippen LogP) is 3.76. The van der Waals surface area contributed by atoms with Crippen LogP contribution in [-0.4, -0.2) is 25.7 Å². The highest BCUT2D eigenvalue weighted by molar-refractivity contribution is 7.20. The fraction of sp³-hybridized carbons (Fsp3) is 0.0556. The summed E-state index contributed by atoms with van der Waals surface area (Å²) < 4.78 is 7.09. The maximum atomic E-state index is 10.6. The molecule has 4 rings (SSSR count). The molecule has 0 unspecified atom stereocenters. The number of anilines is 1. The topological polar surface area (TPSA) is 92.7 Å². The number of nitrogens with one attached hydrogen (secondary N) is 1. The summed E-state index contributed by atoms with van der Waals surface area (Å²) >= 11 is 1.46. The van der Waals surface area contributed by atoms with Crippen LogP contribution in [0.25, 0.3) is 22.3 Å². The number of carboxylic acids is 1. The van der Waals surface area contributed by atoms with Gasteiger partial charge in [0.25, 0.3) is 0 Å². The molecule has 0 fully saturated rings. The van der Waals surface area contributed by atoms with Gasteiger partial charge in [0.05, 0.1) is 24.7 Å². The molecule has 26 heavy (non-hydrogen) atoms. The van der Waals surface area contributed by atoms with Crippen molar-refractivity contribution in [3.8, 4) is 11.3 Å². The first-order valence-corrected chi connectivity index (χ1v) is 8.63. The highest BCUT2D eigenvalue weighted by Crippen LogP contribution is 2.26. The molecule has 0 amide bonds. The summed E-state index contributed by atoms with van der Waals surface area (Å²) in [6.07, 6.45) is 6.08. The Balaban J connectivity index is 1.55. The van der Waals surface area contributed by atoms with E-state index in [1.54, 1.807) is 23.1 Å². The van der Waals surface area contributed by atoms with E-state index in [2.05, 4.69) is 15.4 Å². The molecule has 0 bridgehead atoms. The van der Waals surface area contributed by atoms with Crippen LogP contribution >= 0.6 is 11.3 Å². The third-order valence-corrected chi connectivity index (χ3v) is 4.58. The van der Waals surface area contributed by atoms with Crippen molar-refractivity contribution >= 4 is 33.5 Å². The van der Waals surface area contributed by atoms with Gasteiger partial charge >= 0.3 is 5.97 Å². The summed E-state index contributed by atoms with van der Waals surface area (Å²) in [5.41, 5.74) is 2.64. The van der Waals surface area contributed by atoms with Gasteiger partial charge in [0.2, 0.25) is 10.1 Å². The van der Waals surface area contributed by atoms with Crippen LogP contribution < -0.4 is 5.32 Å². The molecule has 0 spiro atoms. The van der Waals surface area contributed by atoms with E-state index in [1.807, 2.05) is 36.4 Å². The van der Waals surface area contributed by atoms with Crippen molar-refractivity contribution in [3.05, 3.63) is 66.3 Å². The Bertz CT molecular complexity index is 1060. The van der Waals surface area contributed by atoms with Crippen LogP contribution in [0.15, 0.2) is 59.4 Å². The summed E-state index contributed by atoms with van der Waals surface area (Å²) in [6, 6.07) is 11.3. The van der Waals surface area contributed by atoms with E-state index < -0.39 is 5.97 Å². The van der Waals surface area contributed by atoms with Gasteiger partial charge in [0.15, 0.2) is 0 Å². The van der Waals surface area contributed by atoms with Crippen LogP contribution in [0, 0.1) is 0 Å². The number of carbonyl (C=O) groups is 1. The Morgan fingerprint density at radius 1 is 1.31 bits per heavy atom. The van der Waals surface area contributed by atoms with Gasteiger partial charge in [-0.1, -0.05) is 35.6 Å². The number of hydrogen-bond donors (Lipinski definition) is 2. The largest absolute Gasteiger partial charge is 0.478 e. The van der Waals surface area contributed by atoms with Gasteiger partial charge in [-0.25, -0.2) is 14.3 Å². The van der Waals surface area contributed by atoms with Crippen molar-refractivity contribution in [2.24, 2.45) is 0 Å². The Morgan fingerprint density at radius 3 is 2.88 bits per heavy atom. The molecule has 4 aromatic rings. The maximum Gasteiger partial charge on any atom is 0.328 e. The standard InChI is InChI=1S/C18H14N4O3S/c23-16(24)8-5-12-3-6-13(7-4-12)15-11-20-18-22(15)21-17(26-18)19-10-14-2-1-9-25-14/h1-9,11H,10H2,(H,19,21)(H,23,24). The molecule has 0 saturated carbocycles. The molecule has 8 heteroatoms. The smallest absolute Gasteiger partial charge is 0.328 e. The first kappa shape index (κ1) is 16.1. The number of benzene rings is 1. The molecule has 0 saturated heterocycles. The summed E-state index contributed by atoms with van der Waals surface area (Å²) in [5.74, 6) is -0.133. The summed E-state index contributed by atoms with van der Waals surface area (Å²) in [6.45, 7) is 0.559. The van der Waals surface area contributed by atoms with Crippen LogP contribution in [0.1, 0.15) is 11.3 Å². The normalized spacial score (nSPS) is 11.4. The van der Waals surface area contributed by atoms with Crippen molar-refractivity contribution < 1.29 is 14.3 Å². The van der Waals surface area contributed by atoms with E-state index >= 15 is 0 Å². The first-order valence-electron chi connectivity index (χ1n) is 7.81. The second-order valence-electron chi connectivity index (χ2n) is 5.47. The number of hydrogen-bond acceptors (Lipinski definition) is 6. The molecular formula is C18H14N4O3S. The Morgan fingerprint density at radius 2 is 2.15 bits per heavy atom. The van der Waals surface area contributed by atoms with Gasteiger partial charge in [-0.05, 0) is 23.8 Å². The number of aromatic nitrogens is 3. The lowest BCUT2D eigenvalue weighted by molar-refractivity contribution is -0.131.